The number of para-hydroxylation sites is 1. The van der Waals surface area contributed by atoms with E-state index in [2.05, 4.69) is 69.7 Å². The van der Waals surface area contributed by atoms with Gasteiger partial charge in [-0.25, -0.2) is 19.2 Å². The fourth-order valence-electron chi connectivity index (χ4n) is 15.6. The lowest BCUT2D eigenvalue weighted by Crippen LogP contribution is -2.54. The number of ketones is 2. The first-order chi connectivity index (χ1) is 63.6. The van der Waals surface area contributed by atoms with Crippen molar-refractivity contribution >= 4 is 105 Å². The van der Waals surface area contributed by atoms with Gasteiger partial charge in [-0.1, -0.05) is 31.4 Å². The third kappa shape index (κ3) is 27.3. The standard InChI is InChI=1S/C34H51F2N5O10.C27H37F2N5O10.C26H27FN6O7/c1-19(37-28(46)21(18-49-32(3,4)5)16-22(43)11-12-26(44)51-33(6,7)8)30(48)41-14-9-10-23(41)29(47)39-25-13-15-40(20(2)38-25)31-34(35,36)27(45)24(17-42)50-31;1-14(30-23(40)16(12-35)11-17(37)6-7-21(38)43-3)25(42)34-9-4-5-18(34)24(41)32-20-8-10-33(15(2)31-20)26-27(28,29)22(39)19(13-36)44-26;27-21-22(36)18(13-34)40-25(21)33-11-8-19(31-26(33)39)30-24(38)17-6-3-10-32(17)20(35)12-29-23(37)15-7-9-28-16-5-2-1-4-14(15)16/h13,15,19,21,23-24,27,31,42,45H,2,9-12,14,16-18H2,1,3-8H3,(H,37,46)(H,38,39,47);8,10,14,16,18-19,22,26,35-36,39H,2,4-7,9,11-13H2,1,3H3,(H,30,40)(H,31,32,41);1-2,4-5,7-9,11,17-18,21-22,25,34,36H,3,6,10,12-13H2,(H,29,37)(H,30,31,38,39)/t19-,21+,23+,24?,27?,31?;14-,16+,18+,19?,22?,26?;17-,18+,21-,22+,25+/m110/s1. The Morgan fingerprint density at radius 1 is 0.607 bits per heavy atom. The fourth-order valence-corrected chi connectivity index (χ4v) is 15.6. The van der Waals surface area contributed by atoms with Gasteiger partial charge in [-0.2, -0.15) is 22.5 Å². The number of carbonyl (C=O) groups excluding carboxylic acids is 13. The number of carbonyl (C=O) groups is 13. The lowest BCUT2D eigenvalue weighted by molar-refractivity contribution is -0.155. The van der Waals surface area contributed by atoms with Crippen LogP contribution in [0.5, 0.6) is 0 Å². The van der Waals surface area contributed by atoms with Crippen LogP contribution in [0.1, 0.15) is 149 Å². The SMILES string of the molecule is C=C1N=C(NC(=O)[C@@H]2CCCN2C(=O)[C@@H](C)NC(=O)[C@H](CO)CC(=O)CCC(=O)OC)C=CN1C1OC(CO)C(O)C1(F)F.C=C1N=C(NC(=O)[C@@H]2CCCN2C(=O)[C@@H](C)NC(=O)[C@H](COC(C)(C)C)CC(=O)CCC(=O)OC(C)(C)C)C=CN1C1OC(CO)C(O)C1(F)F.O=C(NCC(=O)N1CCC[C@H]1C(=O)Nc1ccn([C@@H]2O[C@H](CO)[C@@H](O)[C@@H]2F)c(=O)n1)c1ccnc2ccccc12. The predicted molar refractivity (Wildman–Crippen MR) is 463 cm³/mol. The quantitative estimate of drug-likeness (QED) is 0.0284. The summed E-state index contributed by atoms with van der Waals surface area (Å²) in [5.74, 6) is -17.4. The van der Waals surface area contributed by atoms with Crippen molar-refractivity contribution in [2.45, 2.75) is 247 Å². The molecule has 48 heteroatoms. The summed E-state index contributed by atoms with van der Waals surface area (Å²) in [5.41, 5.74) is -1.25. The minimum atomic E-state index is -3.76. The van der Waals surface area contributed by atoms with Crippen LogP contribution in [-0.4, -0.2) is 338 Å². The number of fused-ring (bicyclic) bond motifs is 1. The van der Waals surface area contributed by atoms with E-state index in [1.54, 1.807) is 65.8 Å². The number of pyridine rings is 1. The average Bonchev–Trinajstić information content (AvgIpc) is 1.62. The summed E-state index contributed by atoms with van der Waals surface area (Å²) in [6, 6.07) is 5.05. The fraction of sp³-hybridized carbons (Fsp3) is 0.586. The van der Waals surface area contributed by atoms with Crippen molar-refractivity contribution in [3.05, 3.63) is 114 Å². The summed E-state index contributed by atoms with van der Waals surface area (Å²) >= 11 is 0. The van der Waals surface area contributed by atoms with Crippen LogP contribution in [0.25, 0.3) is 10.9 Å². The molecule has 0 aliphatic carbocycles. The molecule has 9 amide bonds. The molecular formula is C87H115F5N16O27. The maximum atomic E-state index is 14.6. The highest BCUT2D eigenvalue weighted by molar-refractivity contribution is 6.09. The lowest BCUT2D eigenvalue weighted by Gasteiger charge is -2.32. The first-order valence-corrected chi connectivity index (χ1v) is 43.5. The number of hydrogen-bond acceptors (Lipinski definition) is 33. The van der Waals surface area contributed by atoms with Gasteiger partial charge in [0, 0.05) is 75.5 Å². The van der Waals surface area contributed by atoms with Gasteiger partial charge in [0.1, 0.15) is 101 Å². The lowest BCUT2D eigenvalue weighted by atomic mass is 9.99. The molecule has 6 fully saturated rings. The number of Topliss-reactive ketones (excluding diaryl/α,β-unsaturated/α-hetero) is 2. The number of anilines is 1. The van der Waals surface area contributed by atoms with E-state index in [9.17, 15) is 125 Å². The van der Waals surface area contributed by atoms with Crippen molar-refractivity contribution in [1.82, 2.24) is 65.6 Å². The van der Waals surface area contributed by atoms with Crippen molar-refractivity contribution in [3.8, 4) is 0 Å². The smallest absolute Gasteiger partial charge is 0.351 e. The summed E-state index contributed by atoms with van der Waals surface area (Å²) < 4.78 is 104. The first kappa shape index (κ1) is 107. The Bertz CT molecular complexity index is 5080. The van der Waals surface area contributed by atoms with Crippen LogP contribution < -0.4 is 37.6 Å². The minimum absolute atomic E-state index is 0.0412. The Hall–Kier alpha value is -11.9. The number of benzene rings is 1. The number of methoxy groups -OCH3 is 1. The highest BCUT2D eigenvalue weighted by Gasteiger charge is 2.62. The number of aliphatic hydroxyl groups is 7. The zero-order valence-electron chi connectivity index (χ0n) is 75.7. The third-order valence-corrected chi connectivity index (χ3v) is 22.6. The third-order valence-electron chi connectivity index (χ3n) is 22.6. The number of alkyl halides is 5. The number of halogens is 5. The van der Waals surface area contributed by atoms with Gasteiger partial charge in [0.05, 0.1) is 88.0 Å². The van der Waals surface area contributed by atoms with E-state index in [1.165, 1.54) is 60.1 Å². The second-order valence-corrected chi connectivity index (χ2v) is 34.9. The van der Waals surface area contributed by atoms with Gasteiger partial charge in [0.2, 0.25) is 59.7 Å². The molecule has 0 spiro atoms. The van der Waals surface area contributed by atoms with E-state index in [1.807, 2.05) is 6.07 Å². The van der Waals surface area contributed by atoms with Crippen LogP contribution in [0.3, 0.4) is 0 Å². The minimum Gasteiger partial charge on any atom is -0.469 e. The molecule has 11 rings (SSSR count). The highest BCUT2D eigenvalue weighted by Crippen LogP contribution is 2.42. The largest absolute Gasteiger partial charge is 0.469 e. The molecule has 6 saturated heterocycles. The molecule has 3 aromatic rings. The number of aliphatic imine (C=N–C) groups is 2. The Balaban J connectivity index is 0.000000229. The van der Waals surface area contributed by atoms with Crippen LogP contribution >= 0.6 is 0 Å². The number of aliphatic hydroxyl groups excluding tert-OH is 7. The van der Waals surface area contributed by atoms with Crippen molar-refractivity contribution < 1.29 is 148 Å². The number of nitrogens with one attached hydrogen (secondary N) is 6. The van der Waals surface area contributed by atoms with E-state index in [4.69, 9.17) is 23.7 Å². The molecule has 135 heavy (non-hydrogen) atoms. The van der Waals surface area contributed by atoms with Crippen molar-refractivity contribution in [1.29, 1.82) is 0 Å². The maximum absolute atomic E-state index is 14.6. The second kappa shape index (κ2) is 46.6. The van der Waals surface area contributed by atoms with Crippen molar-refractivity contribution in [3.63, 3.8) is 0 Å². The summed E-state index contributed by atoms with van der Waals surface area (Å²) in [7, 11) is 1.18. The predicted octanol–water partition coefficient (Wildman–Crippen LogP) is -0.206. The summed E-state index contributed by atoms with van der Waals surface area (Å²) in [6.45, 7) is 18.0. The molecule has 8 aliphatic rings. The van der Waals surface area contributed by atoms with Crippen LogP contribution in [0.4, 0.5) is 27.8 Å². The van der Waals surface area contributed by atoms with Gasteiger partial charge >= 0.3 is 29.5 Å². The number of amides is 9. The van der Waals surface area contributed by atoms with E-state index in [0.717, 1.165) is 33.0 Å². The number of hydrogen-bond donors (Lipinski definition) is 13. The molecule has 6 unspecified atom stereocenters. The maximum Gasteiger partial charge on any atom is 0.351 e. The molecule has 1 aromatic carbocycles. The number of ether oxygens (including phenoxy) is 6. The number of aromatic nitrogens is 3. The van der Waals surface area contributed by atoms with Crippen LogP contribution in [0.2, 0.25) is 0 Å². The van der Waals surface area contributed by atoms with E-state index in [-0.39, 0.29) is 99.7 Å². The van der Waals surface area contributed by atoms with E-state index < -0.39 is 230 Å². The van der Waals surface area contributed by atoms with Gasteiger partial charge < -0.3 is 121 Å². The first-order valence-electron chi connectivity index (χ1n) is 43.5. The van der Waals surface area contributed by atoms with Gasteiger partial charge in [-0.05, 0) is 124 Å². The number of amidine groups is 2. The average molecular weight is 1910 g/mol. The second-order valence-electron chi connectivity index (χ2n) is 34.9. The monoisotopic (exact) mass is 1910 g/mol. The van der Waals surface area contributed by atoms with E-state index >= 15 is 0 Å². The summed E-state index contributed by atoms with van der Waals surface area (Å²) in [4.78, 5) is 200. The van der Waals surface area contributed by atoms with Crippen LogP contribution in [0, 0.1) is 11.8 Å². The molecule has 0 saturated carbocycles. The number of rotatable bonds is 32. The van der Waals surface area contributed by atoms with Gasteiger partial charge in [0.25, 0.3) is 5.91 Å². The highest BCUT2D eigenvalue weighted by atomic mass is 19.3. The van der Waals surface area contributed by atoms with Crippen LogP contribution in [0.15, 0.2) is 113 Å². The van der Waals surface area contributed by atoms with Gasteiger partial charge in [-0.15, -0.1) is 0 Å². The molecule has 740 valence electrons. The van der Waals surface area contributed by atoms with Gasteiger partial charge in [-0.3, -0.25) is 71.9 Å². The Morgan fingerprint density at radius 2 is 1.08 bits per heavy atom. The Morgan fingerprint density at radius 3 is 1.54 bits per heavy atom. The topological polar surface area (TPSA) is 580 Å². The molecule has 17 atom stereocenters. The number of esters is 2. The molecule has 8 aliphatic heterocycles. The molecule has 0 radical (unpaired) electrons. The Labute approximate surface area is 770 Å². The zero-order chi connectivity index (χ0) is 99.6. The van der Waals surface area contributed by atoms with Crippen LogP contribution in [-0.2, 0) is 86.0 Å². The zero-order valence-corrected chi connectivity index (χ0v) is 75.7. The molecule has 43 nitrogen and oxygen atoms in total. The number of likely N-dealkylation sites (tertiary alicyclic amines) is 3. The summed E-state index contributed by atoms with van der Waals surface area (Å²) in [6.07, 6.45) is -9.11. The van der Waals surface area contributed by atoms with Crippen molar-refractivity contribution in [2.75, 3.05) is 71.6 Å². The van der Waals surface area contributed by atoms with Gasteiger partial charge in [0.15, 0.2) is 24.6 Å². The number of nitrogens with zero attached hydrogens (tertiary/aromatic N) is 10. The van der Waals surface area contributed by atoms with E-state index in [0.29, 0.717) is 61.5 Å². The normalized spacial score (nSPS) is 24.8. The molecule has 0 bridgehead atoms. The molecular weight excluding hydrogens is 1800 g/mol. The summed E-state index contributed by atoms with van der Waals surface area (Å²) in [5, 5.41) is 82.6. The molecule has 2 aromatic heterocycles. The molecule has 10 heterocycles. The van der Waals surface area contributed by atoms with Crippen molar-refractivity contribution in [2.24, 2.45) is 21.8 Å². The Kier molecular flexibility index (Phi) is 36.9. The molecule has 13 N–H and O–H groups in total.